The molecule has 0 radical (unpaired) electrons. The molecule has 3 atom stereocenters. The Bertz CT molecular complexity index is 252. The Morgan fingerprint density at radius 3 is 2.46 bits per heavy atom. The van der Waals surface area contributed by atoms with E-state index >= 15 is 0 Å². The van der Waals surface area contributed by atoms with Gasteiger partial charge in [0.25, 0.3) is 0 Å². The molecule has 1 heteroatoms. The molecule has 2 fully saturated rings. The van der Waals surface area contributed by atoms with E-state index in [2.05, 4.69) is 6.08 Å². The van der Waals surface area contributed by atoms with Gasteiger partial charge in [-0.3, -0.25) is 4.79 Å². The van der Waals surface area contributed by atoms with Crippen molar-refractivity contribution >= 4 is 5.78 Å². The summed E-state index contributed by atoms with van der Waals surface area (Å²) in [5, 5.41) is 0. The second-order valence-electron chi connectivity index (χ2n) is 4.74. The SMILES string of the molecule is CC(=O)C(C)=CC1CC2CCC1C2. The number of hydrogen-bond donors (Lipinski definition) is 0. The lowest BCUT2D eigenvalue weighted by molar-refractivity contribution is -0.113. The number of hydrogen-bond acceptors (Lipinski definition) is 1. The van der Waals surface area contributed by atoms with Crippen molar-refractivity contribution in [1.29, 1.82) is 0 Å². The molecule has 13 heavy (non-hydrogen) atoms. The fourth-order valence-corrected chi connectivity index (χ4v) is 2.94. The summed E-state index contributed by atoms with van der Waals surface area (Å²) < 4.78 is 0. The minimum Gasteiger partial charge on any atom is -0.295 e. The minimum atomic E-state index is 0.239. The van der Waals surface area contributed by atoms with Crippen LogP contribution in [0.1, 0.15) is 39.5 Å². The zero-order chi connectivity index (χ0) is 9.42. The third-order valence-electron chi connectivity index (χ3n) is 3.81. The molecule has 2 bridgehead atoms. The number of allylic oxidation sites excluding steroid dienone is 2. The van der Waals surface area contributed by atoms with Gasteiger partial charge in [0.15, 0.2) is 5.78 Å². The van der Waals surface area contributed by atoms with Gasteiger partial charge in [0.1, 0.15) is 0 Å². The Hall–Kier alpha value is -0.590. The van der Waals surface area contributed by atoms with Crippen molar-refractivity contribution in [2.24, 2.45) is 17.8 Å². The second-order valence-corrected chi connectivity index (χ2v) is 4.74. The van der Waals surface area contributed by atoms with Crippen molar-refractivity contribution in [2.45, 2.75) is 39.5 Å². The van der Waals surface area contributed by atoms with E-state index in [0.717, 1.165) is 23.3 Å². The molecule has 0 aromatic carbocycles. The van der Waals surface area contributed by atoms with Crippen LogP contribution in [0.25, 0.3) is 0 Å². The highest BCUT2D eigenvalue weighted by Gasteiger charge is 2.38. The molecule has 2 saturated carbocycles. The Morgan fingerprint density at radius 2 is 2.00 bits per heavy atom. The van der Waals surface area contributed by atoms with E-state index < -0.39 is 0 Å². The summed E-state index contributed by atoms with van der Waals surface area (Å²) in [7, 11) is 0. The van der Waals surface area contributed by atoms with E-state index in [0.29, 0.717) is 0 Å². The summed E-state index contributed by atoms with van der Waals surface area (Å²) in [6.45, 7) is 3.62. The van der Waals surface area contributed by atoms with Crippen LogP contribution in [0.4, 0.5) is 0 Å². The summed E-state index contributed by atoms with van der Waals surface area (Å²) in [4.78, 5) is 11.1. The molecular formula is C12H18O. The summed E-state index contributed by atoms with van der Waals surface area (Å²) in [5.41, 5.74) is 0.970. The van der Waals surface area contributed by atoms with Crippen LogP contribution in [0.2, 0.25) is 0 Å². The molecule has 0 spiro atoms. The molecule has 0 aromatic heterocycles. The van der Waals surface area contributed by atoms with E-state index in [1.807, 2.05) is 6.92 Å². The number of rotatable bonds is 2. The average Bonchev–Trinajstić information content (AvgIpc) is 2.64. The maximum absolute atomic E-state index is 11.1. The maximum atomic E-state index is 11.1. The highest BCUT2D eigenvalue weighted by Crippen LogP contribution is 2.49. The number of fused-ring (bicyclic) bond motifs is 2. The van der Waals surface area contributed by atoms with Gasteiger partial charge in [0.05, 0.1) is 0 Å². The predicted octanol–water partition coefficient (Wildman–Crippen LogP) is 2.96. The van der Waals surface area contributed by atoms with E-state index in [1.54, 1.807) is 6.92 Å². The van der Waals surface area contributed by atoms with Gasteiger partial charge in [-0.15, -0.1) is 0 Å². The van der Waals surface area contributed by atoms with E-state index in [-0.39, 0.29) is 5.78 Å². The monoisotopic (exact) mass is 178 g/mol. The molecule has 2 aliphatic carbocycles. The van der Waals surface area contributed by atoms with Gasteiger partial charge in [0, 0.05) is 0 Å². The Balaban J connectivity index is 2.03. The van der Waals surface area contributed by atoms with Gasteiger partial charge in [0.2, 0.25) is 0 Å². The molecule has 0 N–H and O–H groups in total. The lowest BCUT2D eigenvalue weighted by Crippen LogP contribution is -2.09. The molecule has 0 aliphatic heterocycles. The molecule has 72 valence electrons. The van der Waals surface area contributed by atoms with Crippen LogP contribution < -0.4 is 0 Å². The van der Waals surface area contributed by atoms with Crippen LogP contribution in [0, 0.1) is 17.8 Å². The standard InChI is InChI=1S/C12H18O/c1-8(9(2)13)5-12-7-10-3-4-11(12)6-10/h5,10-12H,3-4,6-7H2,1-2H3. The summed E-state index contributed by atoms with van der Waals surface area (Å²) >= 11 is 0. The van der Waals surface area contributed by atoms with E-state index in [4.69, 9.17) is 0 Å². The molecule has 0 saturated heterocycles. The number of Topliss-reactive ketones (excluding diaryl/α,β-unsaturated/α-hetero) is 1. The molecule has 0 amide bonds. The second kappa shape index (κ2) is 3.28. The first-order chi connectivity index (χ1) is 6.16. The van der Waals surface area contributed by atoms with Crippen LogP contribution in [0.3, 0.4) is 0 Å². The molecule has 0 aromatic rings. The quantitative estimate of drug-likeness (QED) is 0.594. The summed E-state index contributed by atoms with van der Waals surface area (Å²) in [5.74, 6) is 2.84. The zero-order valence-corrected chi connectivity index (χ0v) is 8.55. The highest BCUT2D eigenvalue weighted by atomic mass is 16.1. The Labute approximate surface area is 80.2 Å². The fourth-order valence-electron chi connectivity index (χ4n) is 2.94. The number of ketones is 1. The highest BCUT2D eigenvalue weighted by molar-refractivity contribution is 5.92. The third kappa shape index (κ3) is 1.70. The van der Waals surface area contributed by atoms with Gasteiger partial charge >= 0.3 is 0 Å². The van der Waals surface area contributed by atoms with Crippen molar-refractivity contribution in [3.8, 4) is 0 Å². The van der Waals surface area contributed by atoms with E-state index in [1.165, 1.54) is 25.7 Å². The molecule has 1 nitrogen and oxygen atoms in total. The molecule has 2 rings (SSSR count). The first-order valence-electron chi connectivity index (χ1n) is 5.36. The first kappa shape index (κ1) is 8.98. The van der Waals surface area contributed by atoms with E-state index in [9.17, 15) is 4.79 Å². The molecule has 2 aliphatic rings. The van der Waals surface area contributed by atoms with Gasteiger partial charge in [-0.25, -0.2) is 0 Å². The number of carbonyl (C=O) groups excluding carboxylic acids is 1. The van der Waals surface area contributed by atoms with Gasteiger partial charge in [-0.05, 0) is 56.4 Å². The normalized spacial score (nSPS) is 38.3. The average molecular weight is 178 g/mol. The van der Waals surface area contributed by atoms with Crippen molar-refractivity contribution in [3.63, 3.8) is 0 Å². The van der Waals surface area contributed by atoms with Crippen LogP contribution in [-0.2, 0) is 4.79 Å². The van der Waals surface area contributed by atoms with Crippen molar-refractivity contribution < 1.29 is 4.79 Å². The first-order valence-corrected chi connectivity index (χ1v) is 5.36. The lowest BCUT2D eigenvalue weighted by atomic mass is 9.87. The summed E-state index contributed by atoms with van der Waals surface area (Å²) in [6.07, 6.45) is 7.83. The maximum Gasteiger partial charge on any atom is 0.155 e. The van der Waals surface area contributed by atoms with Crippen LogP contribution >= 0.6 is 0 Å². The fraction of sp³-hybridized carbons (Fsp3) is 0.750. The smallest absolute Gasteiger partial charge is 0.155 e. The molecular weight excluding hydrogens is 160 g/mol. The van der Waals surface area contributed by atoms with Crippen molar-refractivity contribution in [1.82, 2.24) is 0 Å². The van der Waals surface area contributed by atoms with Gasteiger partial charge in [-0.1, -0.05) is 12.5 Å². The Kier molecular flexibility index (Phi) is 2.27. The van der Waals surface area contributed by atoms with Crippen molar-refractivity contribution in [2.75, 3.05) is 0 Å². The van der Waals surface area contributed by atoms with Crippen molar-refractivity contribution in [3.05, 3.63) is 11.6 Å². The van der Waals surface area contributed by atoms with Gasteiger partial charge in [-0.2, -0.15) is 0 Å². The lowest BCUT2D eigenvalue weighted by Gasteiger charge is -2.18. The molecule has 3 unspecified atom stereocenters. The molecule has 0 heterocycles. The number of carbonyl (C=O) groups is 1. The third-order valence-corrected chi connectivity index (χ3v) is 3.81. The van der Waals surface area contributed by atoms with Gasteiger partial charge < -0.3 is 0 Å². The Morgan fingerprint density at radius 1 is 1.23 bits per heavy atom. The zero-order valence-electron chi connectivity index (χ0n) is 8.55. The van der Waals surface area contributed by atoms with Crippen LogP contribution in [0.5, 0.6) is 0 Å². The largest absolute Gasteiger partial charge is 0.295 e. The van der Waals surface area contributed by atoms with Crippen LogP contribution in [-0.4, -0.2) is 5.78 Å². The topological polar surface area (TPSA) is 17.1 Å². The van der Waals surface area contributed by atoms with Crippen LogP contribution in [0.15, 0.2) is 11.6 Å². The minimum absolute atomic E-state index is 0.239. The predicted molar refractivity (Wildman–Crippen MR) is 53.4 cm³/mol. The summed E-state index contributed by atoms with van der Waals surface area (Å²) in [6, 6.07) is 0.